The third-order valence-corrected chi connectivity index (χ3v) is 15.6. The summed E-state index contributed by atoms with van der Waals surface area (Å²) in [5, 5.41) is 4.97. The fraction of sp³-hybridized carbons (Fsp3) is 0.282. The maximum absolute atomic E-state index is 5.57. The molecule has 76 heavy (non-hydrogen) atoms. The molecule has 0 saturated heterocycles. The Kier molecular flexibility index (Phi) is 12.0. The van der Waals surface area contributed by atoms with Crippen molar-refractivity contribution in [2.45, 2.75) is 132 Å². The van der Waals surface area contributed by atoms with E-state index >= 15 is 0 Å². The largest absolute Gasteiger partial charge is 0.309 e. The molecule has 0 bridgehead atoms. The number of benzene rings is 8. The summed E-state index contributed by atoms with van der Waals surface area (Å²) in [5.41, 5.74) is 21.4. The Bertz CT molecular complexity index is 3850. The Balaban J connectivity index is 1.25. The van der Waals surface area contributed by atoms with Gasteiger partial charge in [0.15, 0.2) is 17.5 Å². The van der Waals surface area contributed by atoms with Crippen molar-refractivity contribution < 1.29 is 0 Å². The van der Waals surface area contributed by atoms with Crippen molar-refractivity contribution in [1.29, 1.82) is 0 Å². The summed E-state index contributed by atoms with van der Waals surface area (Å²) in [4.78, 5) is 16.6. The lowest BCUT2D eigenvalue weighted by atomic mass is 9.79. The van der Waals surface area contributed by atoms with E-state index in [2.05, 4.69) is 272 Å². The van der Waals surface area contributed by atoms with Crippen LogP contribution in [0.2, 0.25) is 0 Å². The topological polar surface area (TPSA) is 48.5 Å². The summed E-state index contributed by atoms with van der Waals surface area (Å²) in [6.45, 7) is 36.2. The van der Waals surface area contributed by atoms with Crippen molar-refractivity contribution >= 4 is 43.6 Å². The van der Waals surface area contributed by atoms with Crippen LogP contribution < -0.4 is 0 Å². The second kappa shape index (κ2) is 18.0. The van der Waals surface area contributed by atoms with Crippen LogP contribution in [-0.2, 0) is 21.7 Å². The van der Waals surface area contributed by atoms with Crippen LogP contribution in [0.4, 0.5) is 0 Å². The predicted octanol–water partition coefficient (Wildman–Crippen LogP) is 19.2. The molecule has 0 unspecified atom stereocenters. The molecule has 0 amide bonds. The van der Waals surface area contributed by atoms with E-state index in [1.165, 1.54) is 77.1 Å². The number of para-hydroxylation sites is 1. The van der Waals surface area contributed by atoms with Crippen molar-refractivity contribution in [3.05, 3.63) is 196 Å². The van der Waals surface area contributed by atoms with Crippen LogP contribution in [0.15, 0.2) is 152 Å². The number of hydrogen-bond acceptors (Lipinski definition) is 3. The third-order valence-electron chi connectivity index (χ3n) is 15.6. The average molecular weight is 996 g/mol. The number of aryl methyl sites for hydroxylation is 4. The zero-order valence-corrected chi connectivity index (χ0v) is 47.7. The minimum atomic E-state index is -0.103. The van der Waals surface area contributed by atoms with E-state index in [1.54, 1.807) is 0 Å². The summed E-state index contributed by atoms with van der Waals surface area (Å²) < 4.78 is 4.94. The highest BCUT2D eigenvalue weighted by molar-refractivity contribution is 6.12. The van der Waals surface area contributed by atoms with Gasteiger partial charge in [-0.3, -0.25) is 0 Å². The molecule has 0 fully saturated rings. The van der Waals surface area contributed by atoms with E-state index in [-0.39, 0.29) is 21.7 Å². The minimum absolute atomic E-state index is 0.103. The zero-order chi connectivity index (χ0) is 54.0. The highest BCUT2D eigenvalue weighted by Gasteiger charge is 2.27. The van der Waals surface area contributed by atoms with Gasteiger partial charge in [-0.05, 0) is 169 Å². The van der Waals surface area contributed by atoms with Crippen molar-refractivity contribution in [2.24, 2.45) is 0 Å². The molecule has 5 heteroatoms. The van der Waals surface area contributed by atoms with Crippen LogP contribution in [0.25, 0.3) is 100 Å². The lowest BCUT2D eigenvalue weighted by Gasteiger charge is -2.26. The molecular weight excluding hydrogens is 923 g/mol. The molecule has 5 nitrogen and oxygen atoms in total. The van der Waals surface area contributed by atoms with E-state index < -0.39 is 0 Å². The van der Waals surface area contributed by atoms with Crippen LogP contribution >= 0.6 is 0 Å². The van der Waals surface area contributed by atoms with Crippen LogP contribution in [0.1, 0.15) is 128 Å². The molecule has 0 aliphatic carbocycles. The van der Waals surface area contributed by atoms with Gasteiger partial charge in [-0.15, -0.1) is 0 Å². The SMILES string of the molecule is Cc1ccc2c(c1)c1cc(C)ccc1n2-c1ccccc1-c1cc(-c2nc(-c3cc(C(C)(C)C)cc(C(C)(C)C)c3)nc(-c3cc(C(C)(C)C)cc(C(C)(C)C)c3)n2)ccc1-n1c2ccc(C)cc2c2cc(C)ccc21. The molecule has 0 atom stereocenters. The normalized spacial score (nSPS) is 12.7. The van der Waals surface area contributed by atoms with Gasteiger partial charge in [0, 0.05) is 49.4 Å². The fourth-order valence-corrected chi connectivity index (χ4v) is 11.0. The number of rotatable bonds is 6. The Morgan fingerprint density at radius 3 is 0.947 bits per heavy atom. The van der Waals surface area contributed by atoms with Gasteiger partial charge in [0.1, 0.15) is 0 Å². The van der Waals surface area contributed by atoms with Gasteiger partial charge in [-0.2, -0.15) is 0 Å². The fourth-order valence-electron chi connectivity index (χ4n) is 11.0. The van der Waals surface area contributed by atoms with Crippen LogP contribution in [-0.4, -0.2) is 24.1 Å². The van der Waals surface area contributed by atoms with E-state index in [9.17, 15) is 0 Å². The Hall–Kier alpha value is -7.63. The first kappa shape index (κ1) is 50.5. The molecule has 3 aromatic heterocycles. The molecule has 0 aliphatic heterocycles. The number of hydrogen-bond donors (Lipinski definition) is 0. The summed E-state index contributed by atoms with van der Waals surface area (Å²) >= 11 is 0. The highest BCUT2D eigenvalue weighted by atomic mass is 15.0. The second-order valence-electron chi connectivity index (χ2n) is 25.9. The summed E-state index contributed by atoms with van der Waals surface area (Å²) in [6, 6.07) is 57.2. The molecule has 11 rings (SSSR count). The third kappa shape index (κ3) is 9.12. The molecule has 0 aliphatic rings. The van der Waals surface area contributed by atoms with Crippen molar-refractivity contribution in [3.63, 3.8) is 0 Å². The maximum Gasteiger partial charge on any atom is 0.164 e. The van der Waals surface area contributed by atoms with Gasteiger partial charge in [-0.25, -0.2) is 15.0 Å². The Morgan fingerprint density at radius 1 is 0.289 bits per heavy atom. The summed E-state index contributed by atoms with van der Waals surface area (Å²) in [6.07, 6.45) is 0. The van der Waals surface area contributed by atoms with E-state index in [4.69, 9.17) is 15.0 Å². The lowest BCUT2D eigenvalue weighted by molar-refractivity contribution is 0.568. The first-order chi connectivity index (χ1) is 35.8. The van der Waals surface area contributed by atoms with E-state index in [0.717, 1.165) is 50.2 Å². The Morgan fingerprint density at radius 2 is 0.605 bits per heavy atom. The van der Waals surface area contributed by atoms with Crippen molar-refractivity contribution in [2.75, 3.05) is 0 Å². The van der Waals surface area contributed by atoms with Gasteiger partial charge in [-0.1, -0.05) is 160 Å². The van der Waals surface area contributed by atoms with Crippen molar-refractivity contribution in [3.8, 4) is 56.7 Å². The molecule has 0 N–H and O–H groups in total. The summed E-state index contributed by atoms with van der Waals surface area (Å²) in [5.74, 6) is 1.94. The molecule has 382 valence electrons. The van der Waals surface area contributed by atoms with Crippen LogP contribution in [0.3, 0.4) is 0 Å². The standard InChI is InChI=1S/C71H73N5/c1-42-21-26-60-54(31-42)55-32-43(2)22-27-61(55)75(60)59-20-18-17-19-53(59)58-39-46(25-30-64(58)76-62-28-23-44(3)33-56(62)57-34-45(4)24-29-63(57)76)65-72-66(47-35-49(68(5,6)7)40-50(36-47)69(8,9)10)74-67(73-65)48-37-51(70(11,12)13)41-52(38-48)71(14,15)16/h17-41H,1-16H3. The van der Waals surface area contributed by atoms with Crippen LogP contribution in [0.5, 0.6) is 0 Å². The first-order valence-corrected chi connectivity index (χ1v) is 27.2. The molecule has 3 heterocycles. The van der Waals surface area contributed by atoms with Crippen LogP contribution in [0, 0.1) is 27.7 Å². The lowest BCUT2D eigenvalue weighted by Crippen LogP contribution is -2.17. The number of nitrogens with zero attached hydrogens (tertiary/aromatic N) is 5. The van der Waals surface area contributed by atoms with Gasteiger partial charge in [0.05, 0.1) is 33.4 Å². The molecule has 0 radical (unpaired) electrons. The van der Waals surface area contributed by atoms with Gasteiger partial charge >= 0.3 is 0 Å². The molecular formula is C71H73N5. The van der Waals surface area contributed by atoms with E-state index in [1.807, 2.05) is 0 Å². The predicted molar refractivity (Wildman–Crippen MR) is 324 cm³/mol. The van der Waals surface area contributed by atoms with Crippen molar-refractivity contribution in [1.82, 2.24) is 24.1 Å². The maximum atomic E-state index is 5.57. The zero-order valence-electron chi connectivity index (χ0n) is 47.7. The van der Waals surface area contributed by atoms with Gasteiger partial charge in [0.25, 0.3) is 0 Å². The highest BCUT2D eigenvalue weighted by Crippen LogP contribution is 2.44. The number of aromatic nitrogens is 5. The Labute approximate surface area is 450 Å². The van der Waals surface area contributed by atoms with Gasteiger partial charge < -0.3 is 9.13 Å². The summed E-state index contributed by atoms with van der Waals surface area (Å²) in [7, 11) is 0. The number of fused-ring (bicyclic) bond motifs is 6. The quantitative estimate of drug-likeness (QED) is 0.167. The molecule has 0 saturated carbocycles. The smallest absolute Gasteiger partial charge is 0.164 e. The second-order valence-corrected chi connectivity index (χ2v) is 25.9. The average Bonchev–Trinajstić information content (AvgIpc) is 3.88. The first-order valence-electron chi connectivity index (χ1n) is 27.2. The molecule has 8 aromatic carbocycles. The van der Waals surface area contributed by atoms with E-state index in [0.29, 0.717) is 17.5 Å². The molecule has 11 aromatic rings. The van der Waals surface area contributed by atoms with Gasteiger partial charge in [0.2, 0.25) is 0 Å². The monoisotopic (exact) mass is 996 g/mol. The minimum Gasteiger partial charge on any atom is -0.309 e. The molecule has 0 spiro atoms.